The van der Waals surface area contributed by atoms with E-state index in [0.29, 0.717) is 6.10 Å². The SMILES string of the molecule is CCC[C@@H](C)[C@H]1CO1. The van der Waals surface area contributed by atoms with Gasteiger partial charge in [0, 0.05) is 0 Å². The highest BCUT2D eigenvalue weighted by atomic mass is 16.6. The maximum atomic E-state index is 5.12. The Morgan fingerprint density at radius 2 is 2.38 bits per heavy atom. The van der Waals surface area contributed by atoms with E-state index in [1.807, 2.05) is 0 Å². The van der Waals surface area contributed by atoms with Gasteiger partial charge in [-0.15, -0.1) is 0 Å². The third kappa shape index (κ3) is 1.48. The van der Waals surface area contributed by atoms with Crippen LogP contribution in [0.2, 0.25) is 0 Å². The van der Waals surface area contributed by atoms with Gasteiger partial charge in [-0.3, -0.25) is 0 Å². The summed E-state index contributed by atoms with van der Waals surface area (Å²) in [5.74, 6) is 0.806. The summed E-state index contributed by atoms with van der Waals surface area (Å²) < 4.78 is 5.12. The molecule has 0 unspecified atom stereocenters. The highest BCUT2D eigenvalue weighted by Gasteiger charge is 2.28. The minimum Gasteiger partial charge on any atom is -0.373 e. The summed E-state index contributed by atoms with van der Waals surface area (Å²) in [6, 6.07) is 0. The highest BCUT2D eigenvalue weighted by molar-refractivity contribution is 4.74. The molecule has 0 amide bonds. The second kappa shape index (κ2) is 2.49. The smallest absolute Gasteiger partial charge is 0.0835 e. The zero-order chi connectivity index (χ0) is 5.98. The van der Waals surface area contributed by atoms with Gasteiger partial charge in [-0.25, -0.2) is 0 Å². The fourth-order valence-electron chi connectivity index (χ4n) is 1.03. The molecule has 2 atom stereocenters. The van der Waals surface area contributed by atoms with Gasteiger partial charge < -0.3 is 4.74 Å². The van der Waals surface area contributed by atoms with Crippen LogP contribution in [0.1, 0.15) is 26.7 Å². The van der Waals surface area contributed by atoms with Crippen LogP contribution in [-0.2, 0) is 4.74 Å². The molecule has 0 aromatic rings. The summed E-state index contributed by atoms with van der Waals surface area (Å²) in [5, 5.41) is 0. The molecule has 0 N–H and O–H groups in total. The lowest BCUT2D eigenvalue weighted by Gasteiger charge is -2.02. The van der Waals surface area contributed by atoms with E-state index in [1.54, 1.807) is 0 Å². The van der Waals surface area contributed by atoms with Gasteiger partial charge in [-0.2, -0.15) is 0 Å². The molecule has 1 rings (SSSR count). The second-order valence-electron chi connectivity index (χ2n) is 2.64. The monoisotopic (exact) mass is 114 g/mol. The van der Waals surface area contributed by atoms with Crippen LogP contribution in [0.5, 0.6) is 0 Å². The van der Waals surface area contributed by atoms with E-state index in [1.165, 1.54) is 12.8 Å². The van der Waals surface area contributed by atoms with Crippen LogP contribution < -0.4 is 0 Å². The number of rotatable bonds is 3. The van der Waals surface area contributed by atoms with Gasteiger partial charge >= 0.3 is 0 Å². The van der Waals surface area contributed by atoms with E-state index >= 15 is 0 Å². The fourth-order valence-corrected chi connectivity index (χ4v) is 1.03. The predicted molar refractivity (Wildman–Crippen MR) is 33.8 cm³/mol. The molecule has 0 saturated carbocycles. The molecule has 1 nitrogen and oxygen atoms in total. The van der Waals surface area contributed by atoms with Crippen molar-refractivity contribution >= 4 is 0 Å². The quantitative estimate of drug-likeness (QED) is 0.510. The summed E-state index contributed by atoms with van der Waals surface area (Å²) in [5.41, 5.74) is 0. The first-order chi connectivity index (χ1) is 3.84. The fraction of sp³-hybridized carbons (Fsp3) is 1.00. The Labute approximate surface area is 51.0 Å². The van der Waals surface area contributed by atoms with Gasteiger partial charge in [0.15, 0.2) is 0 Å². The van der Waals surface area contributed by atoms with Crippen LogP contribution in [0.25, 0.3) is 0 Å². The molecule has 1 heteroatoms. The molecule has 48 valence electrons. The minimum absolute atomic E-state index is 0.620. The van der Waals surface area contributed by atoms with Crippen molar-refractivity contribution in [3.8, 4) is 0 Å². The standard InChI is InChI=1S/C7H14O/c1-3-4-6(2)7-5-8-7/h6-7H,3-5H2,1-2H3/t6-,7-/m1/s1. The lowest BCUT2D eigenvalue weighted by atomic mass is 10.0. The Balaban J connectivity index is 2.03. The maximum Gasteiger partial charge on any atom is 0.0835 e. The van der Waals surface area contributed by atoms with Crippen LogP contribution >= 0.6 is 0 Å². The summed E-state index contributed by atoms with van der Waals surface area (Å²) in [7, 11) is 0. The molecule has 1 heterocycles. The number of hydrogen-bond donors (Lipinski definition) is 0. The summed E-state index contributed by atoms with van der Waals surface area (Å²) in [6.45, 7) is 5.50. The first kappa shape index (κ1) is 6.09. The number of ether oxygens (including phenoxy) is 1. The lowest BCUT2D eigenvalue weighted by Crippen LogP contribution is -2.01. The molecular formula is C7H14O. The Morgan fingerprint density at radius 3 is 2.75 bits per heavy atom. The van der Waals surface area contributed by atoms with E-state index < -0.39 is 0 Å². The van der Waals surface area contributed by atoms with Crippen molar-refractivity contribution in [3.63, 3.8) is 0 Å². The van der Waals surface area contributed by atoms with Crippen LogP contribution in [0.4, 0.5) is 0 Å². The topological polar surface area (TPSA) is 12.5 Å². The zero-order valence-electron chi connectivity index (χ0n) is 5.68. The van der Waals surface area contributed by atoms with Crippen molar-refractivity contribution < 1.29 is 4.74 Å². The van der Waals surface area contributed by atoms with Crippen molar-refractivity contribution in [3.05, 3.63) is 0 Å². The van der Waals surface area contributed by atoms with Gasteiger partial charge in [0.25, 0.3) is 0 Å². The summed E-state index contributed by atoms with van der Waals surface area (Å²) in [4.78, 5) is 0. The molecule has 0 radical (unpaired) electrons. The maximum absolute atomic E-state index is 5.12. The van der Waals surface area contributed by atoms with E-state index in [4.69, 9.17) is 4.74 Å². The number of hydrogen-bond acceptors (Lipinski definition) is 1. The van der Waals surface area contributed by atoms with Crippen molar-refractivity contribution in [1.82, 2.24) is 0 Å². The van der Waals surface area contributed by atoms with Gasteiger partial charge in [0.05, 0.1) is 12.7 Å². The molecule has 0 aromatic heterocycles. The van der Waals surface area contributed by atoms with E-state index in [2.05, 4.69) is 13.8 Å². The van der Waals surface area contributed by atoms with Gasteiger partial charge in [-0.1, -0.05) is 20.3 Å². The zero-order valence-corrected chi connectivity index (χ0v) is 5.68. The van der Waals surface area contributed by atoms with Crippen LogP contribution in [0.3, 0.4) is 0 Å². The molecule has 1 fully saturated rings. The Hall–Kier alpha value is -0.0400. The largest absolute Gasteiger partial charge is 0.373 e. The lowest BCUT2D eigenvalue weighted by molar-refractivity contribution is 0.329. The highest BCUT2D eigenvalue weighted by Crippen LogP contribution is 2.23. The normalized spacial score (nSPS) is 30.0. The van der Waals surface area contributed by atoms with Crippen molar-refractivity contribution in [1.29, 1.82) is 0 Å². The third-order valence-corrected chi connectivity index (χ3v) is 1.74. The summed E-state index contributed by atoms with van der Waals surface area (Å²) in [6.07, 6.45) is 3.24. The molecular weight excluding hydrogens is 100 g/mol. The first-order valence-electron chi connectivity index (χ1n) is 3.46. The Kier molecular flexibility index (Phi) is 1.90. The third-order valence-electron chi connectivity index (χ3n) is 1.74. The van der Waals surface area contributed by atoms with E-state index in [9.17, 15) is 0 Å². The first-order valence-corrected chi connectivity index (χ1v) is 3.46. The Bertz CT molecular complexity index is 66.8. The average molecular weight is 114 g/mol. The van der Waals surface area contributed by atoms with E-state index in [-0.39, 0.29) is 0 Å². The molecule has 1 aliphatic heterocycles. The average Bonchev–Trinajstić information content (AvgIpc) is 2.45. The molecule has 8 heavy (non-hydrogen) atoms. The van der Waals surface area contributed by atoms with Crippen molar-refractivity contribution in [2.75, 3.05) is 6.61 Å². The van der Waals surface area contributed by atoms with Crippen LogP contribution in [0.15, 0.2) is 0 Å². The second-order valence-corrected chi connectivity index (χ2v) is 2.64. The van der Waals surface area contributed by atoms with E-state index in [0.717, 1.165) is 12.5 Å². The summed E-state index contributed by atoms with van der Waals surface area (Å²) >= 11 is 0. The van der Waals surface area contributed by atoms with Gasteiger partial charge in [0.2, 0.25) is 0 Å². The minimum atomic E-state index is 0.620. The molecule has 1 saturated heterocycles. The predicted octanol–water partition coefficient (Wildman–Crippen LogP) is 1.82. The van der Waals surface area contributed by atoms with Gasteiger partial charge in [-0.05, 0) is 12.3 Å². The van der Waals surface area contributed by atoms with Crippen LogP contribution in [0, 0.1) is 5.92 Å². The Morgan fingerprint density at radius 1 is 1.75 bits per heavy atom. The number of epoxide rings is 1. The molecule has 1 aliphatic rings. The molecule has 0 aromatic carbocycles. The molecule has 0 bridgehead atoms. The molecule has 0 aliphatic carbocycles. The van der Waals surface area contributed by atoms with Crippen molar-refractivity contribution in [2.24, 2.45) is 5.92 Å². The van der Waals surface area contributed by atoms with Crippen LogP contribution in [-0.4, -0.2) is 12.7 Å². The van der Waals surface area contributed by atoms with Gasteiger partial charge in [0.1, 0.15) is 0 Å². The molecule has 0 spiro atoms. The van der Waals surface area contributed by atoms with Crippen molar-refractivity contribution in [2.45, 2.75) is 32.8 Å².